The normalized spacial score (nSPS) is 11.6. The summed E-state index contributed by atoms with van der Waals surface area (Å²) in [5, 5.41) is 2.98. The molecule has 7 nitrogen and oxygen atoms in total. The highest BCUT2D eigenvalue weighted by atomic mass is 127. The molecule has 0 aliphatic rings. The van der Waals surface area contributed by atoms with Crippen LogP contribution < -0.4 is 11.1 Å². The van der Waals surface area contributed by atoms with Crippen LogP contribution in [0.3, 0.4) is 0 Å². The highest BCUT2D eigenvalue weighted by molar-refractivity contribution is 14.0. The van der Waals surface area contributed by atoms with Crippen molar-refractivity contribution < 1.29 is 14.3 Å². The van der Waals surface area contributed by atoms with Crippen molar-refractivity contribution in [2.24, 2.45) is 10.7 Å². The first-order valence-electron chi connectivity index (χ1n) is 7.30. The first kappa shape index (κ1) is 23.5. The molecule has 0 spiro atoms. The Morgan fingerprint density at radius 1 is 1.32 bits per heavy atom. The molecule has 0 rings (SSSR count). The number of carbonyl (C=O) groups excluding carboxylic acids is 1. The zero-order chi connectivity index (χ0) is 16.3. The van der Waals surface area contributed by atoms with E-state index >= 15 is 0 Å². The summed E-state index contributed by atoms with van der Waals surface area (Å²) in [5.41, 5.74) is 5.19. The molecule has 132 valence electrons. The third-order valence-corrected chi connectivity index (χ3v) is 2.41. The van der Waals surface area contributed by atoms with Crippen LogP contribution in [0.5, 0.6) is 0 Å². The lowest BCUT2D eigenvalue weighted by Gasteiger charge is -2.27. The van der Waals surface area contributed by atoms with Gasteiger partial charge in [0.2, 0.25) is 0 Å². The Hall–Kier alpha value is -0.770. The van der Waals surface area contributed by atoms with E-state index in [-0.39, 0.29) is 30.1 Å². The Morgan fingerprint density at radius 2 is 1.95 bits per heavy atom. The molecule has 0 aliphatic heterocycles. The van der Waals surface area contributed by atoms with Gasteiger partial charge in [0.05, 0.1) is 6.61 Å². The Bertz CT molecular complexity index is 333. The van der Waals surface area contributed by atoms with Crippen LogP contribution in [-0.2, 0) is 9.47 Å². The molecule has 8 heteroatoms. The predicted octanol–water partition coefficient (Wildman–Crippen LogP) is 1.80. The van der Waals surface area contributed by atoms with Crippen molar-refractivity contribution in [2.75, 3.05) is 39.9 Å². The molecule has 0 aromatic rings. The fourth-order valence-corrected chi connectivity index (χ4v) is 1.43. The molecule has 1 amide bonds. The molecule has 0 unspecified atom stereocenters. The Labute approximate surface area is 151 Å². The quantitative estimate of drug-likeness (QED) is 0.348. The Kier molecular flexibility index (Phi) is 13.6. The second-order valence-corrected chi connectivity index (χ2v) is 5.65. The molecule has 0 aliphatic carbocycles. The lowest BCUT2D eigenvalue weighted by atomic mass is 10.2. The topological polar surface area (TPSA) is 89.2 Å². The average Bonchev–Trinajstić information content (AvgIpc) is 2.38. The maximum Gasteiger partial charge on any atom is 0.410 e. The molecule has 0 heterocycles. The Balaban J connectivity index is 0. The van der Waals surface area contributed by atoms with Crippen molar-refractivity contribution >= 4 is 36.0 Å². The van der Waals surface area contributed by atoms with E-state index in [0.29, 0.717) is 38.7 Å². The number of methoxy groups -OCH3 is 1. The number of ether oxygens (including phenoxy) is 2. The fraction of sp³-hybridized carbons (Fsp3) is 0.857. The number of halogens is 1. The number of nitrogens with zero attached hydrogens (tertiary/aromatic N) is 2. The molecule has 0 saturated heterocycles. The van der Waals surface area contributed by atoms with Crippen LogP contribution in [0, 0.1) is 0 Å². The van der Waals surface area contributed by atoms with E-state index in [9.17, 15) is 4.79 Å². The van der Waals surface area contributed by atoms with Gasteiger partial charge < -0.3 is 25.4 Å². The van der Waals surface area contributed by atoms with Gasteiger partial charge in [0.15, 0.2) is 5.96 Å². The molecule has 3 N–H and O–H groups in total. The molecule has 0 saturated carbocycles. The molecule has 0 bridgehead atoms. The average molecular weight is 430 g/mol. The minimum absolute atomic E-state index is 0. The van der Waals surface area contributed by atoms with Gasteiger partial charge in [-0.1, -0.05) is 6.92 Å². The first-order valence-corrected chi connectivity index (χ1v) is 7.30. The fourth-order valence-electron chi connectivity index (χ4n) is 1.43. The minimum Gasteiger partial charge on any atom is -0.444 e. The van der Waals surface area contributed by atoms with Crippen LogP contribution in [0.4, 0.5) is 4.79 Å². The van der Waals surface area contributed by atoms with Crippen molar-refractivity contribution in [3.8, 4) is 0 Å². The number of hydrogen-bond acceptors (Lipinski definition) is 4. The minimum atomic E-state index is -0.516. The summed E-state index contributed by atoms with van der Waals surface area (Å²) in [5.74, 6) is 0.396. The summed E-state index contributed by atoms with van der Waals surface area (Å²) in [6, 6.07) is 0. The van der Waals surface area contributed by atoms with Crippen molar-refractivity contribution in [1.29, 1.82) is 0 Å². The molecular weight excluding hydrogens is 399 g/mol. The van der Waals surface area contributed by atoms with Crippen molar-refractivity contribution in [3.05, 3.63) is 0 Å². The van der Waals surface area contributed by atoms with E-state index in [2.05, 4.69) is 10.3 Å². The summed E-state index contributed by atoms with van der Waals surface area (Å²) in [7, 11) is 1.60. The molecule has 0 aromatic carbocycles. The summed E-state index contributed by atoms with van der Waals surface area (Å²) in [6.07, 6.45) is 0.589. The standard InChI is InChI=1S/C14H30N4O3.HI/c1-6-7-16-12(15)17-8-9-18(10-11-20-5)13(19)21-14(2,3)4;/h6-11H2,1-5H3,(H3,15,16,17);1H. The summed E-state index contributed by atoms with van der Waals surface area (Å²) >= 11 is 0. The number of nitrogens with one attached hydrogen (secondary N) is 1. The van der Waals surface area contributed by atoms with Gasteiger partial charge in [0, 0.05) is 33.3 Å². The number of nitrogens with two attached hydrogens (primary N) is 1. The molecule has 0 fully saturated rings. The predicted molar refractivity (Wildman–Crippen MR) is 99.9 cm³/mol. The van der Waals surface area contributed by atoms with Gasteiger partial charge >= 0.3 is 6.09 Å². The number of rotatable bonds is 8. The molecular formula is C14H31IN4O3. The van der Waals surface area contributed by atoms with Crippen LogP contribution in [0.2, 0.25) is 0 Å². The van der Waals surface area contributed by atoms with E-state index in [1.807, 2.05) is 27.7 Å². The number of carbonyl (C=O) groups is 1. The smallest absolute Gasteiger partial charge is 0.410 e. The molecule has 0 radical (unpaired) electrons. The van der Waals surface area contributed by atoms with Crippen molar-refractivity contribution in [3.63, 3.8) is 0 Å². The van der Waals surface area contributed by atoms with Crippen LogP contribution in [0.1, 0.15) is 34.1 Å². The highest BCUT2D eigenvalue weighted by Gasteiger charge is 2.21. The van der Waals surface area contributed by atoms with Crippen LogP contribution >= 0.6 is 24.0 Å². The number of amides is 1. The maximum absolute atomic E-state index is 12.1. The number of hydrogen-bond donors (Lipinski definition) is 2. The van der Waals surface area contributed by atoms with E-state index in [1.54, 1.807) is 12.0 Å². The van der Waals surface area contributed by atoms with Crippen molar-refractivity contribution in [2.45, 2.75) is 39.7 Å². The van der Waals surface area contributed by atoms with Gasteiger partial charge in [-0.15, -0.1) is 24.0 Å². The van der Waals surface area contributed by atoms with Crippen LogP contribution in [0.15, 0.2) is 4.99 Å². The van der Waals surface area contributed by atoms with Crippen molar-refractivity contribution in [1.82, 2.24) is 10.2 Å². The number of guanidine groups is 1. The summed E-state index contributed by atoms with van der Waals surface area (Å²) < 4.78 is 10.4. The second-order valence-electron chi connectivity index (χ2n) is 5.65. The highest BCUT2D eigenvalue weighted by Crippen LogP contribution is 2.09. The van der Waals surface area contributed by atoms with E-state index in [0.717, 1.165) is 6.42 Å². The Morgan fingerprint density at radius 3 is 2.45 bits per heavy atom. The van der Waals surface area contributed by atoms with E-state index < -0.39 is 5.60 Å². The zero-order valence-electron chi connectivity index (χ0n) is 14.3. The van der Waals surface area contributed by atoms with Gasteiger partial charge in [-0.05, 0) is 27.2 Å². The lowest BCUT2D eigenvalue weighted by molar-refractivity contribution is 0.0206. The molecule has 0 atom stereocenters. The van der Waals surface area contributed by atoms with Crippen LogP contribution in [-0.4, -0.2) is 62.4 Å². The van der Waals surface area contributed by atoms with Gasteiger partial charge in [0.25, 0.3) is 0 Å². The summed E-state index contributed by atoms with van der Waals surface area (Å²) in [6.45, 7) is 10.2. The number of aliphatic imine (C=N–C) groups is 1. The monoisotopic (exact) mass is 430 g/mol. The van der Waals surface area contributed by atoms with Gasteiger partial charge in [-0.3, -0.25) is 4.99 Å². The third kappa shape index (κ3) is 12.9. The van der Waals surface area contributed by atoms with E-state index in [4.69, 9.17) is 15.2 Å². The lowest BCUT2D eigenvalue weighted by Crippen LogP contribution is -2.44. The second kappa shape index (κ2) is 12.7. The maximum atomic E-state index is 12.1. The summed E-state index contributed by atoms with van der Waals surface area (Å²) in [4.78, 5) is 17.8. The van der Waals surface area contributed by atoms with E-state index in [1.165, 1.54) is 0 Å². The first-order chi connectivity index (χ1) is 9.80. The zero-order valence-corrected chi connectivity index (χ0v) is 16.7. The SMILES string of the molecule is CCCN=C(N)NCCN(CCOC)C(=O)OC(C)(C)C.I. The van der Waals surface area contributed by atoms with Gasteiger partial charge in [-0.25, -0.2) is 4.79 Å². The third-order valence-electron chi connectivity index (χ3n) is 2.41. The molecule has 22 heavy (non-hydrogen) atoms. The molecule has 0 aromatic heterocycles. The van der Waals surface area contributed by atoms with Crippen LogP contribution in [0.25, 0.3) is 0 Å². The largest absolute Gasteiger partial charge is 0.444 e. The van der Waals surface area contributed by atoms with Gasteiger partial charge in [0.1, 0.15) is 5.60 Å². The van der Waals surface area contributed by atoms with Gasteiger partial charge in [-0.2, -0.15) is 0 Å².